The lowest BCUT2D eigenvalue weighted by molar-refractivity contribution is -0.141. The molecule has 0 saturated heterocycles. The van der Waals surface area contributed by atoms with Gasteiger partial charge in [0.15, 0.2) is 6.10 Å². The Hall–Kier alpha value is -2.24. The Morgan fingerprint density at radius 3 is 2.90 bits per heavy atom. The van der Waals surface area contributed by atoms with Crippen LogP contribution in [0.15, 0.2) is 24.3 Å². The van der Waals surface area contributed by atoms with Gasteiger partial charge in [0.2, 0.25) is 0 Å². The lowest BCUT2D eigenvalue weighted by Crippen LogP contribution is -2.49. The van der Waals surface area contributed by atoms with Gasteiger partial charge >= 0.3 is 5.97 Å². The first-order chi connectivity index (χ1) is 9.65. The van der Waals surface area contributed by atoms with E-state index in [0.717, 1.165) is 5.69 Å². The second-order valence-electron chi connectivity index (χ2n) is 4.37. The van der Waals surface area contributed by atoms with E-state index in [2.05, 4.69) is 5.32 Å². The van der Waals surface area contributed by atoms with Crippen LogP contribution in [0.1, 0.15) is 6.92 Å². The molecule has 1 unspecified atom stereocenters. The number of para-hydroxylation sites is 2. The highest BCUT2D eigenvalue weighted by molar-refractivity contribution is 5.84. The van der Waals surface area contributed by atoms with Gasteiger partial charge in [-0.2, -0.15) is 0 Å². The van der Waals surface area contributed by atoms with Gasteiger partial charge in [0.05, 0.1) is 18.8 Å². The number of nitrogens with one attached hydrogen (secondary N) is 1. The summed E-state index contributed by atoms with van der Waals surface area (Å²) in [6, 6.07) is 7.32. The van der Waals surface area contributed by atoms with Gasteiger partial charge in [-0.15, -0.1) is 0 Å². The second kappa shape index (κ2) is 6.27. The predicted molar refractivity (Wildman–Crippen MR) is 73.8 cm³/mol. The molecule has 0 saturated carbocycles. The molecule has 0 radical (unpaired) electrons. The first kappa shape index (κ1) is 14.2. The normalized spacial score (nSPS) is 16.9. The number of amides is 1. The van der Waals surface area contributed by atoms with Gasteiger partial charge in [0.1, 0.15) is 12.3 Å². The molecule has 1 aromatic rings. The second-order valence-corrected chi connectivity index (χ2v) is 4.37. The number of ether oxygens (including phenoxy) is 2. The monoisotopic (exact) mass is 278 g/mol. The number of carbonyl (C=O) groups excluding carboxylic acids is 2. The molecule has 1 aliphatic heterocycles. The van der Waals surface area contributed by atoms with Crippen LogP contribution in [0.4, 0.5) is 5.69 Å². The third-order valence-corrected chi connectivity index (χ3v) is 3.03. The Balaban J connectivity index is 2.20. The topological polar surface area (TPSA) is 67.9 Å². The number of hydrogen-bond acceptors (Lipinski definition) is 5. The van der Waals surface area contributed by atoms with Crippen molar-refractivity contribution in [2.45, 2.75) is 13.0 Å². The zero-order valence-electron chi connectivity index (χ0n) is 11.6. The van der Waals surface area contributed by atoms with Gasteiger partial charge in [-0.1, -0.05) is 12.1 Å². The molecule has 1 atom stereocenters. The number of fused-ring (bicyclic) bond motifs is 1. The average Bonchev–Trinajstić information content (AvgIpc) is 2.46. The molecule has 108 valence electrons. The Morgan fingerprint density at radius 2 is 2.20 bits per heavy atom. The Labute approximate surface area is 117 Å². The van der Waals surface area contributed by atoms with E-state index >= 15 is 0 Å². The highest BCUT2D eigenvalue weighted by atomic mass is 16.5. The number of rotatable bonds is 4. The van der Waals surface area contributed by atoms with Crippen LogP contribution in [-0.2, 0) is 14.3 Å². The van der Waals surface area contributed by atoms with Crippen LogP contribution in [0, 0.1) is 0 Å². The van der Waals surface area contributed by atoms with Crippen molar-refractivity contribution in [3.63, 3.8) is 0 Å². The maximum atomic E-state index is 11.8. The maximum absolute atomic E-state index is 11.8. The molecular formula is C14H18N2O4. The molecule has 1 N–H and O–H groups in total. The van der Waals surface area contributed by atoms with Crippen molar-refractivity contribution >= 4 is 17.6 Å². The molecule has 0 aromatic heterocycles. The Kier molecular flexibility index (Phi) is 4.45. The van der Waals surface area contributed by atoms with Gasteiger partial charge in [-0.25, -0.2) is 0 Å². The molecule has 0 aliphatic carbocycles. The molecule has 6 nitrogen and oxygen atoms in total. The van der Waals surface area contributed by atoms with Gasteiger partial charge in [0.25, 0.3) is 5.91 Å². The van der Waals surface area contributed by atoms with E-state index in [-0.39, 0.29) is 18.4 Å². The quantitative estimate of drug-likeness (QED) is 0.815. The van der Waals surface area contributed by atoms with Gasteiger partial charge in [-0.05, 0) is 19.1 Å². The van der Waals surface area contributed by atoms with Gasteiger partial charge in [-0.3, -0.25) is 9.59 Å². The molecule has 2 rings (SSSR count). The van der Waals surface area contributed by atoms with Crippen molar-refractivity contribution in [1.29, 1.82) is 0 Å². The van der Waals surface area contributed by atoms with E-state index in [9.17, 15) is 9.59 Å². The minimum Gasteiger partial charge on any atom is -0.477 e. The highest BCUT2D eigenvalue weighted by Crippen LogP contribution is 2.32. The van der Waals surface area contributed by atoms with E-state index in [4.69, 9.17) is 9.47 Å². The van der Waals surface area contributed by atoms with E-state index in [1.54, 1.807) is 24.9 Å². The zero-order chi connectivity index (χ0) is 14.5. The summed E-state index contributed by atoms with van der Waals surface area (Å²) in [5.41, 5.74) is 0.792. The first-order valence-corrected chi connectivity index (χ1v) is 6.53. The van der Waals surface area contributed by atoms with E-state index in [1.165, 1.54) is 0 Å². The molecule has 1 aliphatic rings. The minimum absolute atomic E-state index is 0.0989. The summed E-state index contributed by atoms with van der Waals surface area (Å²) in [4.78, 5) is 25.2. The standard InChI is InChI=1S/C14H18N2O4/c1-3-19-13(17)9-16-8-12(14(18)15-2)20-11-7-5-4-6-10(11)16/h4-7,12H,3,8-9H2,1-2H3,(H,15,18). The molecule has 0 bridgehead atoms. The molecule has 0 fully saturated rings. The van der Waals surface area contributed by atoms with Crippen molar-refractivity contribution in [2.24, 2.45) is 0 Å². The fraction of sp³-hybridized carbons (Fsp3) is 0.429. The van der Waals surface area contributed by atoms with Gasteiger partial charge < -0.3 is 19.7 Å². The summed E-state index contributed by atoms with van der Waals surface area (Å²) in [7, 11) is 1.56. The van der Waals surface area contributed by atoms with Crippen LogP contribution in [0.2, 0.25) is 0 Å². The SMILES string of the molecule is CCOC(=O)CN1CC(C(=O)NC)Oc2ccccc21. The van der Waals surface area contributed by atoms with Crippen molar-refractivity contribution in [1.82, 2.24) is 5.32 Å². The molecule has 6 heteroatoms. The minimum atomic E-state index is -0.635. The summed E-state index contributed by atoms with van der Waals surface area (Å²) in [6.45, 7) is 2.51. The third-order valence-electron chi connectivity index (χ3n) is 3.03. The first-order valence-electron chi connectivity index (χ1n) is 6.53. The molecule has 1 aromatic carbocycles. The number of esters is 1. The van der Waals surface area contributed by atoms with Crippen molar-refractivity contribution in [3.05, 3.63) is 24.3 Å². The van der Waals surface area contributed by atoms with Crippen LogP contribution < -0.4 is 15.0 Å². The van der Waals surface area contributed by atoms with E-state index in [1.807, 2.05) is 18.2 Å². The van der Waals surface area contributed by atoms with Crippen LogP contribution >= 0.6 is 0 Å². The molecular weight excluding hydrogens is 260 g/mol. The summed E-state index contributed by atoms with van der Waals surface area (Å²) in [6.07, 6.45) is -0.635. The summed E-state index contributed by atoms with van der Waals surface area (Å²) in [5, 5.41) is 2.56. The van der Waals surface area contributed by atoms with E-state index in [0.29, 0.717) is 18.9 Å². The number of likely N-dealkylation sites (N-methyl/N-ethyl adjacent to an activating group) is 1. The number of anilines is 1. The summed E-state index contributed by atoms with van der Waals surface area (Å²) >= 11 is 0. The van der Waals surface area contributed by atoms with Crippen molar-refractivity contribution in [3.8, 4) is 5.75 Å². The fourth-order valence-electron chi connectivity index (χ4n) is 2.12. The van der Waals surface area contributed by atoms with Gasteiger partial charge in [0, 0.05) is 7.05 Å². The lowest BCUT2D eigenvalue weighted by Gasteiger charge is -2.34. The number of nitrogens with zero attached hydrogens (tertiary/aromatic N) is 1. The molecule has 1 heterocycles. The number of hydrogen-bond donors (Lipinski definition) is 1. The smallest absolute Gasteiger partial charge is 0.325 e. The molecule has 0 spiro atoms. The lowest BCUT2D eigenvalue weighted by atomic mass is 10.2. The van der Waals surface area contributed by atoms with Crippen LogP contribution in [0.3, 0.4) is 0 Å². The zero-order valence-corrected chi connectivity index (χ0v) is 11.6. The Bertz CT molecular complexity index is 504. The van der Waals surface area contributed by atoms with Crippen LogP contribution in [0.25, 0.3) is 0 Å². The largest absolute Gasteiger partial charge is 0.477 e. The van der Waals surface area contributed by atoms with Crippen molar-refractivity contribution < 1.29 is 19.1 Å². The fourth-order valence-corrected chi connectivity index (χ4v) is 2.12. The van der Waals surface area contributed by atoms with E-state index < -0.39 is 6.10 Å². The predicted octanol–water partition coefficient (Wildman–Crippen LogP) is 0.563. The number of benzene rings is 1. The highest BCUT2D eigenvalue weighted by Gasteiger charge is 2.31. The molecule has 20 heavy (non-hydrogen) atoms. The van der Waals surface area contributed by atoms with Crippen LogP contribution in [-0.4, -0.2) is 44.7 Å². The third kappa shape index (κ3) is 3.01. The maximum Gasteiger partial charge on any atom is 0.325 e. The van der Waals surface area contributed by atoms with Crippen molar-refractivity contribution in [2.75, 3.05) is 31.6 Å². The summed E-state index contributed by atoms with van der Waals surface area (Å²) < 4.78 is 10.6. The summed E-state index contributed by atoms with van der Waals surface area (Å²) in [5.74, 6) is 0.0601. The average molecular weight is 278 g/mol. The Morgan fingerprint density at radius 1 is 1.45 bits per heavy atom. The van der Waals surface area contributed by atoms with Crippen LogP contribution in [0.5, 0.6) is 5.75 Å². The number of carbonyl (C=O) groups is 2. The molecule has 1 amide bonds.